The second-order valence-corrected chi connectivity index (χ2v) is 12.1. The number of anilines is 1. The Hall–Kier alpha value is -3.91. The van der Waals surface area contributed by atoms with E-state index < -0.39 is 0 Å². The van der Waals surface area contributed by atoms with Crippen LogP contribution in [0.1, 0.15) is 41.7 Å². The summed E-state index contributed by atoms with van der Waals surface area (Å²) in [7, 11) is 0. The highest BCUT2D eigenvalue weighted by Crippen LogP contribution is 2.48. The lowest BCUT2D eigenvalue weighted by molar-refractivity contribution is -0.132. The average molecular weight is 569 g/mol. The highest BCUT2D eigenvalue weighted by atomic mass is 32.2. The molecule has 2 amide bonds. The number of piperidine rings is 1. The Bertz CT molecular complexity index is 1560. The van der Waals surface area contributed by atoms with Gasteiger partial charge >= 0.3 is 0 Å². The molecule has 3 heterocycles. The summed E-state index contributed by atoms with van der Waals surface area (Å²) in [6.45, 7) is 5.58. The predicted molar refractivity (Wildman–Crippen MR) is 162 cm³/mol. The van der Waals surface area contributed by atoms with Crippen molar-refractivity contribution in [3.63, 3.8) is 0 Å². The number of halogens is 1. The van der Waals surface area contributed by atoms with E-state index >= 15 is 0 Å². The van der Waals surface area contributed by atoms with Gasteiger partial charge in [0.25, 0.3) is 0 Å². The minimum absolute atomic E-state index is 0.0529. The first-order valence-corrected chi connectivity index (χ1v) is 15.1. The van der Waals surface area contributed by atoms with Crippen LogP contribution in [0.2, 0.25) is 0 Å². The quantitative estimate of drug-likeness (QED) is 0.279. The molecule has 0 N–H and O–H groups in total. The third kappa shape index (κ3) is 5.53. The van der Waals surface area contributed by atoms with Crippen molar-refractivity contribution in [1.82, 2.24) is 14.7 Å². The zero-order valence-electron chi connectivity index (χ0n) is 23.3. The minimum atomic E-state index is -0.314. The summed E-state index contributed by atoms with van der Waals surface area (Å²) in [5.74, 6) is 0.855. The van der Waals surface area contributed by atoms with Crippen molar-refractivity contribution in [2.75, 3.05) is 30.3 Å². The summed E-state index contributed by atoms with van der Waals surface area (Å²) in [6.07, 6.45) is 1.93. The number of nitrogens with zero attached hydrogens (tertiary/aromatic N) is 4. The van der Waals surface area contributed by atoms with Crippen molar-refractivity contribution in [1.29, 1.82) is 0 Å². The topological polar surface area (TPSA) is 58.4 Å². The second-order valence-electron chi connectivity index (χ2n) is 11.0. The van der Waals surface area contributed by atoms with E-state index in [2.05, 4.69) is 6.92 Å². The molecule has 0 radical (unpaired) electrons. The van der Waals surface area contributed by atoms with Gasteiger partial charge in [-0.1, -0.05) is 61.5 Å². The first-order chi connectivity index (χ1) is 19.9. The number of rotatable bonds is 5. The molecule has 0 spiro atoms. The third-order valence-electron chi connectivity index (χ3n) is 7.98. The molecule has 8 heteroatoms. The van der Waals surface area contributed by atoms with Crippen molar-refractivity contribution in [3.8, 4) is 16.9 Å². The molecular weight excluding hydrogens is 535 g/mol. The van der Waals surface area contributed by atoms with Crippen LogP contribution >= 0.6 is 11.8 Å². The summed E-state index contributed by atoms with van der Waals surface area (Å²) in [6, 6.07) is 24.3. The van der Waals surface area contributed by atoms with Crippen LogP contribution in [0.3, 0.4) is 0 Å². The number of carbonyl (C=O) groups is 2. The van der Waals surface area contributed by atoms with Crippen LogP contribution in [0.4, 0.5) is 10.2 Å². The molecule has 0 aliphatic carbocycles. The monoisotopic (exact) mass is 568 g/mol. The average Bonchev–Trinajstić information content (AvgIpc) is 3.31. The summed E-state index contributed by atoms with van der Waals surface area (Å²) in [5, 5.41) is 4.84. The second kappa shape index (κ2) is 11.5. The first-order valence-electron chi connectivity index (χ1n) is 14.1. The highest BCUT2D eigenvalue weighted by Gasteiger charge is 2.38. The number of benzene rings is 3. The Balaban J connectivity index is 1.56. The Labute approximate surface area is 244 Å². The number of hydrogen-bond acceptors (Lipinski definition) is 4. The molecule has 41 heavy (non-hydrogen) atoms. The minimum Gasteiger partial charge on any atom is -0.341 e. The molecule has 4 aromatic rings. The number of thioether (sulfide) groups is 1. The normalized spacial score (nSPS) is 17.8. The lowest BCUT2D eigenvalue weighted by Crippen LogP contribution is -2.46. The molecule has 1 saturated heterocycles. The lowest BCUT2D eigenvalue weighted by Gasteiger charge is -2.32. The van der Waals surface area contributed by atoms with E-state index in [0.29, 0.717) is 24.8 Å². The van der Waals surface area contributed by atoms with Gasteiger partial charge in [0.1, 0.15) is 18.2 Å². The SMILES string of the molecule is Cc1cccc(-n2nc(-c3ccccc3)c3c2N(CC(=O)N2CCC(C)CC2)C(=O)CS[C@H]3c2ccc(F)cc2)c1. The molecule has 0 saturated carbocycles. The molecule has 0 bridgehead atoms. The Morgan fingerprint density at radius 2 is 1.73 bits per heavy atom. The van der Waals surface area contributed by atoms with E-state index in [1.54, 1.807) is 17.0 Å². The van der Waals surface area contributed by atoms with Gasteiger partial charge in [-0.25, -0.2) is 9.07 Å². The summed E-state index contributed by atoms with van der Waals surface area (Å²) < 4.78 is 15.8. The predicted octanol–water partition coefficient (Wildman–Crippen LogP) is 6.41. The lowest BCUT2D eigenvalue weighted by atomic mass is 9.99. The van der Waals surface area contributed by atoms with Crippen LogP contribution in [0.25, 0.3) is 16.9 Å². The fourth-order valence-electron chi connectivity index (χ4n) is 5.66. The zero-order valence-corrected chi connectivity index (χ0v) is 24.1. The van der Waals surface area contributed by atoms with Crippen LogP contribution in [0.5, 0.6) is 0 Å². The summed E-state index contributed by atoms with van der Waals surface area (Å²) in [5.41, 5.74) is 5.24. The number of aryl methyl sites for hydroxylation is 1. The van der Waals surface area contributed by atoms with E-state index in [4.69, 9.17) is 5.10 Å². The van der Waals surface area contributed by atoms with E-state index in [0.717, 1.165) is 46.5 Å². The fraction of sp³-hybridized carbons (Fsp3) is 0.303. The number of fused-ring (bicyclic) bond motifs is 1. The number of amides is 2. The maximum atomic E-state index is 14.0. The third-order valence-corrected chi connectivity index (χ3v) is 9.24. The maximum Gasteiger partial charge on any atom is 0.242 e. The molecule has 210 valence electrons. The van der Waals surface area contributed by atoms with Gasteiger partial charge in [0.15, 0.2) is 0 Å². The number of likely N-dealkylation sites (tertiary alicyclic amines) is 1. The maximum absolute atomic E-state index is 14.0. The smallest absolute Gasteiger partial charge is 0.242 e. The van der Waals surface area contributed by atoms with E-state index in [1.807, 2.05) is 71.1 Å². The summed E-state index contributed by atoms with van der Waals surface area (Å²) in [4.78, 5) is 31.1. The molecule has 1 fully saturated rings. The van der Waals surface area contributed by atoms with Crippen LogP contribution in [0.15, 0.2) is 78.9 Å². The molecule has 2 aliphatic rings. The van der Waals surface area contributed by atoms with Crippen LogP contribution in [-0.4, -0.2) is 51.9 Å². The molecular formula is C33H33FN4O2S. The molecule has 2 aliphatic heterocycles. The van der Waals surface area contributed by atoms with E-state index in [1.165, 1.54) is 23.9 Å². The van der Waals surface area contributed by atoms with Gasteiger partial charge in [-0.3, -0.25) is 14.5 Å². The molecule has 6 nitrogen and oxygen atoms in total. The Morgan fingerprint density at radius 1 is 1.00 bits per heavy atom. The molecule has 1 aromatic heterocycles. The fourth-order valence-corrected chi connectivity index (χ4v) is 6.86. The van der Waals surface area contributed by atoms with Gasteiger partial charge in [-0.15, -0.1) is 11.8 Å². The van der Waals surface area contributed by atoms with Crippen molar-refractivity contribution in [2.45, 2.75) is 31.9 Å². The molecule has 6 rings (SSSR count). The Morgan fingerprint density at radius 3 is 2.44 bits per heavy atom. The number of carbonyl (C=O) groups excluding carboxylic acids is 2. The first kappa shape index (κ1) is 27.3. The van der Waals surface area contributed by atoms with Crippen molar-refractivity contribution < 1.29 is 14.0 Å². The number of hydrogen-bond donors (Lipinski definition) is 0. The van der Waals surface area contributed by atoms with Crippen molar-refractivity contribution in [3.05, 3.63) is 101 Å². The largest absolute Gasteiger partial charge is 0.341 e. The Kier molecular flexibility index (Phi) is 7.67. The van der Waals surface area contributed by atoms with E-state index in [9.17, 15) is 14.0 Å². The van der Waals surface area contributed by atoms with Crippen molar-refractivity contribution >= 4 is 29.4 Å². The van der Waals surface area contributed by atoms with Crippen molar-refractivity contribution in [2.24, 2.45) is 5.92 Å². The zero-order chi connectivity index (χ0) is 28.5. The highest BCUT2D eigenvalue weighted by molar-refractivity contribution is 8.00. The van der Waals surface area contributed by atoms with Gasteiger partial charge in [-0.05, 0) is 61.1 Å². The molecule has 1 atom stereocenters. The standard InChI is InChI=1S/C33H33FN4O2S/c1-22-15-17-36(18-16-22)28(39)20-37-29(40)21-41-32(25-11-13-26(34)14-12-25)30-31(24-8-4-3-5-9-24)35-38(33(30)37)27-10-6-7-23(2)19-27/h3-14,19,22,32H,15-18,20-21H2,1-2H3/t32-/m0/s1. The van der Waals surface area contributed by atoms with Gasteiger partial charge in [0, 0.05) is 24.2 Å². The molecule has 3 aromatic carbocycles. The summed E-state index contributed by atoms with van der Waals surface area (Å²) >= 11 is 1.49. The van der Waals surface area contributed by atoms with Crippen LogP contribution < -0.4 is 4.90 Å². The molecule has 0 unspecified atom stereocenters. The number of aromatic nitrogens is 2. The van der Waals surface area contributed by atoms with Gasteiger partial charge < -0.3 is 4.90 Å². The van der Waals surface area contributed by atoms with Crippen LogP contribution in [-0.2, 0) is 9.59 Å². The van der Waals surface area contributed by atoms with Gasteiger partial charge in [-0.2, -0.15) is 5.10 Å². The van der Waals surface area contributed by atoms with Gasteiger partial charge in [0.05, 0.1) is 22.4 Å². The van der Waals surface area contributed by atoms with E-state index in [-0.39, 0.29) is 35.2 Å². The van der Waals surface area contributed by atoms with Crippen LogP contribution in [0, 0.1) is 18.7 Å². The van der Waals surface area contributed by atoms with Gasteiger partial charge in [0.2, 0.25) is 11.8 Å².